The fraction of sp³-hybridized carbons (Fsp3) is 0.929. The fourth-order valence-electron chi connectivity index (χ4n) is 6.54. The quantitative estimate of drug-likeness (QED) is 0.0278. The van der Waals surface area contributed by atoms with Crippen LogP contribution in [0.25, 0.3) is 0 Å². The molecule has 9 heteroatoms. The molecule has 0 aliphatic heterocycles. The van der Waals surface area contributed by atoms with Crippen LogP contribution >= 0.6 is 7.82 Å². The lowest BCUT2D eigenvalue weighted by atomic mass is 10.0. The SMILES string of the molecule is CCCCCCCCC/C=C\CCCCCCCC(=O)NC(COP(=O)(O)OCCN)C(O)CCCCCCCCCCCCCCCCCC. The predicted molar refractivity (Wildman–Crippen MR) is 217 cm³/mol. The lowest BCUT2D eigenvalue weighted by Gasteiger charge is -2.25. The van der Waals surface area contributed by atoms with Crippen LogP contribution in [-0.4, -0.2) is 47.8 Å². The lowest BCUT2D eigenvalue weighted by molar-refractivity contribution is -0.123. The van der Waals surface area contributed by atoms with Crippen molar-refractivity contribution in [3.05, 3.63) is 12.2 Å². The van der Waals surface area contributed by atoms with Crippen LogP contribution in [0.5, 0.6) is 0 Å². The van der Waals surface area contributed by atoms with Gasteiger partial charge in [0.05, 0.1) is 25.4 Å². The molecule has 0 aliphatic carbocycles. The van der Waals surface area contributed by atoms with Gasteiger partial charge in [-0.2, -0.15) is 0 Å². The molecule has 0 aromatic heterocycles. The highest BCUT2D eigenvalue weighted by atomic mass is 31.2. The van der Waals surface area contributed by atoms with Crippen molar-refractivity contribution in [1.82, 2.24) is 5.32 Å². The zero-order valence-corrected chi connectivity index (χ0v) is 34.5. The summed E-state index contributed by atoms with van der Waals surface area (Å²) in [6.45, 7) is 4.21. The minimum atomic E-state index is -4.31. The van der Waals surface area contributed by atoms with Crippen LogP contribution in [0.1, 0.15) is 219 Å². The Hall–Kier alpha value is -0.760. The number of nitrogens with two attached hydrogens (primary N) is 1. The number of aliphatic hydroxyl groups excluding tert-OH is 1. The van der Waals surface area contributed by atoms with Crippen molar-refractivity contribution < 1.29 is 28.4 Å². The molecule has 0 saturated carbocycles. The first kappa shape index (κ1) is 50.2. The van der Waals surface area contributed by atoms with Gasteiger partial charge in [-0.05, 0) is 38.5 Å². The zero-order valence-electron chi connectivity index (χ0n) is 33.6. The Bertz CT molecular complexity index is 814. The van der Waals surface area contributed by atoms with E-state index in [1.165, 1.54) is 141 Å². The molecule has 0 aromatic carbocycles. The largest absolute Gasteiger partial charge is 0.472 e. The second-order valence-electron chi connectivity index (χ2n) is 14.9. The predicted octanol–water partition coefficient (Wildman–Crippen LogP) is 12.0. The van der Waals surface area contributed by atoms with E-state index in [4.69, 9.17) is 14.8 Å². The summed E-state index contributed by atoms with van der Waals surface area (Å²) in [4.78, 5) is 22.7. The third-order valence-electron chi connectivity index (χ3n) is 9.87. The number of unbranched alkanes of at least 4 members (excludes halogenated alkanes) is 27. The number of nitrogens with one attached hydrogen (secondary N) is 1. The van der Waals surface area contributed by atoms with Gasteiger partial charge < -0.3 is 21.1 Å². The first-order valence-electron chi connectivity index (χ1n) is 21.8. The number of phosphoric ester groups is 1. The highest BCUT2D eigenvalue weighted by Gasteiger charge is 2.27. The average molecular weight is 745 g/mol. The standard InChI is InChI=1S/C42H85N2O6P/c1-3-5-7-9-11-13-15-17-19-21-23-25-27-29-31-33-35-41(45)40(39-50-51(47,48)49-38-37-43)44-42(46)36-34-32-30-28-26-24-22-20-18-16-14-12-10-8-6-4-2/h20,22,40-41,45H,3-19,21,23-39,43H2,1-2H3,(H,44,46)(H,47,48)/b22-20-. The maximum absolute atomic E-state index is 12.8. The van der Waals surface area contributed by atoms with Crippen LogP contribution < -0.4 is 11.1 Å². The topological polar surface area (TPSA) is 131 Å². The first-order valence-corrected chi connectivity index (χ1v) is 23.3. The van der Waals surface area contributed by atoms with E-state index in [2.05, 4.69) is 31.3 Å². The maximum Gasteiger partial charge on any atom is 0.472 e. The molecule has 0 heterocycles. The normalized spacial score (nSPS) is 14.2. The van der Waals surface area contributed by atoms with Gasteiger partial charge in [0.1, 0.15) is 0 Å². The van der Waals surface area contributed by atoms with Gasteiger partial charge in [0, 0.05) is 13.0 Å². The molecule has 0 rings (SSSR count). The van der Waals surface area contributed by atoms with Crippen molar-refractivity contribution in [2.75, 3.05) is 19.8 Å². The molecule has 0 aliphatic rings. The van der Waals surface area contributed by atoms with Gasteiger partial charge in [-0.3, -0.25) is 13.8 Å². The minimum absolute atomic E-state index is 0.0892. The molecule has 0 aromatic rings. The van der Waals surface area contributed by atoms with E-state index < -0.39 is 20.0 Å². The van der Waals surface area contributed by atoms with Gasteiger partial charge in [-0.1, -0.05) is 187 Å². The number of amides is 1. The summed E-state index contributed by atoms with van der Waals surface area (Å²) in [6.07, 6.45) is 42.1. The Morgan fingerprint density at radius 2 is 1.02 bits per heavy atom. The number of carbonyl (C=O) groups is 1. The van der Waals surface area contributed by atoms with Crippen LogP contribution in [-0.2, 0) is 18.4 Å². The number of hydrogen-bond donors (Lipinski definition) is 4. The van der Waals surface area contributed by atoms with Crippen molar-refractivity contribution in [3.63, 3.8) is 0 Å². The summed E-state index contributed by atoms with van der Waals surface area (Å²) in [5.41, 5.74) is 5.38. The maximum atomic E-state index is 12.8. The number of hydrogen-bond acceptors (Lipinski definition) is 6. The van der Waals surface area contributed by atoms with Gasteiger partial charge in [-0.25, -0.2) is 4.57 Å². The zero-order chi connectivity index (χ0) is 37.5. The van der Waals surface area contributed by atoms with Crippen LogP contribution in [0, 0.1) is 0 Å². The number of carbonyl (C=O) groups excluding carboxylic acids is 1. The molecule has 0 fully saturated rings. The van der Waals surface area contributed by atoms with Gasteiger partial charge in [-0.15, -0.1) is 0 Å². The molecular formula is C42H85N2O6P. The molecule has 5 N–H and O–H groups in total. The fourth-order valence-corrected chi connectivity index (χ4v) is 7.30. The summed E-state index contributed by atoms with van der Waals surface area (Å²) in [7, 11) is -4.31. The Kier molecular flexibility index (Phi) is 38.4. The molecule has 8 nitrogen and oxygen atoms in total. The van der Waals surface area contributed by atoms with Crippen LogP contribution in [0.4, 0.5) is 0 Å². The average Bonchev–Trinajstić information content (AvgIpc) is 3.12. The Morgan fingerprint density at radius 1 is 0.627 bits per heavy atom. The van der Waals surface area contributed by atoms with Crippen molar-refractivity contribution in [3.8, 4) is 0 Å². The van der Waals surface area contributed by atoms with E-state index in [0.29, 0.717) is 12.8 Å². The molecule has 0 saturated heterocycles. The highest BCUT2D eigenvalue weighted by Crippen LogP contribution is 2.43. The number of allylic oxidation sites excluding steroid dienone is 2. The van der Waals surface area contributed by atoms with Gasteiger partial charge >= 0.3 is 7.82 Å². The Labute approximate surface area is 315 Å². The summed E-state index contributed by atoms with van der Waals surface area (Å²) < 4.78 is 22.2. The van der Waals surface area contributed by atoms with Gasteiger partial charge in [0.15, 0.2) is 0 Å². The summed E-state index contributed by atoms with van der Waals surface area (Å²) >= 11 is 0. The van der Waals surface area contributed by atoms with Crippen LogP contribution in [0.3, 0.4) is 0 Å². The van der Waals surface area contributed by atoms with Crippen molar-refractivity contribution in [2.45, 2.75) is 231 Å². The molecule has 51 heavy (non-hydrogen) atoms. The molecule has 0 spiro atoms. The van der Waals surface area contributed by atoms with E-state index in [9.17, 15) is 19.4 Å². The Morgan fingerprint density at radius 3 is 1.45 bits per heavy atom. The second-order valence-corrected chi connectivity index (χ2v) is 16.4. The van der Waals surface area contributed by atoms with Gasteiger partial charge in [0.25, 0.3) is 0 Å². The number of rotatable bonds is 41. The molecule has 1 amide bonds. The van der Waals surface area contributed by atoms with E-state index in [0.717, 1.165) is 51.4 Å². The molecular weight excluding hydrogens is 659 g/mol. The Balaban J connectivity index is 4.16. The lowest BCUT2D eigenvalue weighted by Crippen LogP contribution is -2.46. The van der Waals surface area contributed by atoms with Crippen LogP contribution in [0.15, 0.2) is 12.2 Å². The molecule has 0 bridgehead atoms. The smallest absolute Gasteiger partial charge is 0.391 e. The molecule has 3 unspecified atom stereocenters. The second kappa shape index (κ2) is 38.9. The molecule has 3 atom stereocenters. The van der Waals surface area contributed by atoms with Crippen molar-refractivity contribution in [2.24, 2.45) is 5.73 Å². The first-order chi connectivity index (χ1) is 24.9. The monoisotopic (exact) mass is 745 g/mol. The minimum Gasteiger partial charge on any atom is -0.391 e. The number of aliphatic hydroxyl groups is 1. The number of phosphoric acid groups is 1. The van der Waals surface area contributed by atoms with Gasteiger partial charge in [0.2, 0.25) is 5.91 Å². The van der Waals surface area contributed by atoms with Crippen molar-refractivity contribution >= 4 is 13.7 Å². The highest BCUT2D eigenvalue weighted by molar-refractivity contribution is 7.47. The summed E-state index contributed by atoms with van der Waals surface area (Å²) in [6, 6.07) is -0.774. The van der Waals surface area contributed by atoms with Crippen molar-refractivity contribution in [1.29, 1.82) is 0 Å². The van der Waals surface area contributed by atoms with E-state index in [1.807, 2.05) is 0 Å². The van der Waals surface area contributed by atoms with E-state index >= 15 is 0 Å². The molecule has 304 valence electrons. The third kappa shape index (κ3) is 37.4. The van der Waals surface area contributed by atoms with E-state index in [-0.39, 0.29) is 25.7 Å². The summed E-state index contributed by atoms with van der Waals surface area (Å²) in [5, 5.41) is 13.8. The van der Waals surface area contributed by atoms with E-state index in [1.54, 1.807) is 0 Å². The van der Waals surface area contributed by atoms with Crippen LogP contribution in [0.2, 0.25) is 0 Å². The summed E-state index contributed by atoms with van der Waals surface area (Å²) in [5.74, 6) is -0.168. The molecule has 0 radical (unpaired) electrons. The third-order valence-corrected chi connectivity index (χ3v) is 10.9.